The van der Waals surface area contributed by atoms with Crippen molar-refractivity contribution in [3.05, 3.63) is 0 Å². The van der Waals surface area contributed by atoms with Crippen LogP contribution in [0.2, 0.25) is 0 Å². The van der Waals surface area contributed by atoms with Gasteiger partial charge in [-0.05, 0) is 19.8 Å². The second kappa shape index (κ2) is 3.33. The molecule has 1 fully saturated rings. The highest BCUT2D eigenvalue weighted by Crippen LogP contribution is 2.25. The molecule has 3 nitrogen and oxygen atoms in total. The third kappa shape index (κ3) is 1.89. The van der Waals surface area contributed by atoms with Gasteiger partial charge in [0.25, 0.3) is 0 Å². The second-order valence-electron chi connectivity index (χ2n) is 2.96. The molecule has 3 atom stereocenters. The summed E-state index contributed by atoms with van der Waals surface area (Å²) in [5, 5.41) is 0. The number of hydrogen-bond donors (Lipinski definition) is 1. The molecule has 1 rings (SSSR count). The van der Waals surface area contributed by atoms with E-state index in [1.807, 2.05) is 13.8 Å². The van der Waals surface area contributed by atoms with Crippen molar-refractivity contribution < 1.29 is 8.42 Å². The average Bonchev–Trinajstić information content (AvgIpc) is 1.98. The van der Waals surface area contributed by atoms with E-state index >= 15 is 0 Å². The molecule has 0 aromatic rings. The molecule has 0 amide bonds. The lowest BCUT2D eigenvalue weighted by Gasteiger charge is -2.30. The van der Waals surface area contributed by atoms with Crippen molar-refractivity contribution in [1.82, 2.24) is 4.13 Å². The Balaban J connectivity index is 2.71. The molecule has 1 aliphatic rings. The van der Waals surface area contributed by atoms with Crippen LogP contribution in [0.3, 0.4) is 0 Å². The molecule has 3 unspecified atom stereocenters. The molecule has 0 aromatic heterocycles. The Hall–Kier alpha value is 0.260. The Bertz CT molecular complexity index is 207. The SMILES string of the molecule is CCC1(C)CCS(=O)NS1=O. The van der Waals surface area contributed by atoms with Gasteiger partial charge in [-0.2, -0.15) is 4.13 Å². The summed E-state index contributed by atoms with van der Waals surface area (Å²) in [5.74, 6) is 0.621. The van der Waals surface area contributed by atoms with Gasteiger partial charge in [-0.25, -0.2) is 8.42 Å². The molecule has 1 aliphatic heterocycles. The lowest BCUT2D eigenvalue weighted by atomic mass is 10.1. The third-order valence-electron chi connectivity index (χ3n) is 2.18. The van der Waals surface area contributed by atoms with E-state index in [-0.39, 0.29) is 4.75 Å². The molecule has 11 heavy (non-hydrogen) atoms. The van der Waals surface area contributed by atoms with Gasteiger partial charge in [0, 0.05) is 5.75 Å². The molecular weight excluding hydrogens is 182 g/mol. The Morgan fingerprint density at radius 3 is 2.64 bits per heavy atom. The summed E-state index contributed by atoms with van der Waals surface area (Å²) in [7, 11) is -2.19. The van der Waals surface area contributed by atoms with Crippen LogP contribution in [0.5, 0.6) is 0 Å². The number of rotatable bonds is 1. The summed E-state index contributed by atoms with van der Waals surface area (Å²) < 4.78 is 24.6. The van der Waals surface area contributed by atoms with Crippen molar-refractivity contribution in [2.75, 3.05) is 5.75 Å². The zero-order valence-electron chi connectivity index (χ0n) is 6.75. The van der Waals surface area contributed by atoms with Gasteiger partial charge in [0.2, 0.25) is 0 Å². The first-order chi connectivity index (χ1) is 5.08. The van der Waals surface area contributed by atoms with Crippen molar-refractivity contribution in [2.45, 2.75) is 31.4 Å². The van der Waals surface area contributed by atoms with Crippen molar-refractivity contribution in [1.29, 1.82) is 0 Å². The van der Waals surface area contributed by atoms with E-state index in [2.05, 4.69) is 4.13 Å². The zero-order chi connectivity index (χ0) is 8.48. The number of nitrogens with one attached hydrogen (secondary N) is 1. The highest BCUT2D eigenvalue weighted by atomic mass is 32.3. The van der Waals surface area contributed by atoms with Gasteiger partial charge >= 0.3 is 0 Å². The highest BCUT2D eigenvalue weighted by Gasteiger charge is 2.34. The number of hydrogen-bond acceptors (Lipinski definition) is 2. The first-order valence-electron chi connectivity index (χ1n) is 3.65. The quantitative estimate of drug-likeness (QED) is 0.661. The molecule has 1 saturated heterocycles. The normalized spacial score (nSPS) is 45.6. The minimum Gasteiger partial charge on any atom is -0.242 e. The molecule has 0 aromatic carbocycles. The minimum absolute atomic E-state index is 0.173. The fourth-order valence-electron chi connectivity index (χ4n) is 0.936. The molecule has 0 saturated carbocycles. The first-order valence-corrected chi connectivity index (χ1v) is 6.12. The molecule has 0 spiro atoms. The van der Waals surface area contributed by atoms with E-state index in [0.717, 1.165) is 12.8 Å². The molecule has 0 bridgehead atoms. The van der Waals surface area contributed by atoms with E-state index < -0.39 is 22.0 Å². The summed E-state index contributed by atoms with van der Waals surface area (Å²) in [6.07, 6.45) is 1.65. The van der Waals surface area contributed by atoms with E-state index in [9.17, 15) is 8.42 Å². The van der Waals surface area contributed by atoms with E-state index in [0.29, 0.717) is 5.75 Å². The van der Waals surface area contributed by atoms with Gasteiger partial charge < -0.3 is 0 Å². The van der Waals surface area contributed by atoms with Crippen LogP contribution in [0.1, 0.15) is 26.7 Å². The van der Waals surface area contributed by atoms with E-state index in [4.69, 9.17) is 0 Å². The van der Waals surface area contributed by atoms with Gasteiger partial charge in [0.15, 0.2) is 0 Å². The van der Waals surface area contributed by atoms with Crippen LogP contribution in [0.4, 0.5) is 0 Å². The molecule has 66 valence electrons. The highest BCUT2D eigenvalue weighted by molar-refractivity contribution is 7.99. The van der Waals surface area contributed by atoms with Crippen LogP contribution in [-0.2, 0) is 22.0 Å². The fraction of sp³-hybridized carbons (Fsp3) is 1.00. The van der Waals surface area contributed by atoms with Gasteiger partial charge in [-0.3, -0.25) is 0 Å². The average molecular weight is 195 g/mol. The monoisotopic (exact) mass is 195 g/mol. The molecule has 0 aliphatic carbocycles. The van der Waals surface area contributed by atoms with Gasteiger partial charge in [-0.1, -0.05) is 6.92 Å². The van der Waals surface area contributed by atoms with Crippen molar-refractivity contribution in [3.8, 4) is 0 Å². The molecular formula is C6H13NO2S2. The topological polar surface area (TPSA) is 46.2 Å². The maximum absolute atomic E-state index is 11.4. The maximum atomic E-state index is 11.4. The second-order valence-corrected chi connectivity index (χ2v) is 6.24. The van der Waals surface area contributed by atoms with Crippen LogP contribution in [0.15, 0.2) is 0 Å². The van der Waals surface area contributed by atoms with Crippen molar-refractivity contribution in [3.63, 3.8) is 0 Å². The summed E-state index contributed by atoms with van der Waals surface area (Å²) in [6.45, 7) is 3.97. The minimum atomic E-state index is -1.12. The van der Waals surface area contributed by atoms with Crippen LogP contribution in [-0.4, -0.2) is 18.9 Å². The van der Waals surface area contributed by atoms with E-state index in [1.165, 1.54) is 0 Å². The Kier molecular flexibility index (Phi) is 2.83. The maximum Gasteiger partial charge on any atom is 0.110 e. The summed E-state index contributed by atoms with van der Waals surface area (Å²) >= 11 is 0. The zero-order valence-corrected chi connectivity index (χ0v) is 8.39. The molecule has 1 heterocycles. The van der Waals surface area contributed by atoms with Gasteiger partial charge in [-0.15, -0.1) is 0 Å². The lowest BCUT2D eigenvalue weighted by molar-refractivity contribution is 0.550. The predicted octanol–water partition coefficient (Wildman–Crippen LogP) is 0.476. The smallest absolute Gasteiger partial charge is 0.110 e. The first kappa shape index (κ1) is 9.35. The Morgan fingerprint density at radius 1 is 1.55 bits per heavy atom. The molecule has 5 heteroatoms. The van der Waals surface area contributed by atoms with Crippen LogP contribution in [0.25, 0.3) is 0 Å². The summed E-state index contributed by atoms with van der Waals surface area (Å²) in [5.41, 5.74) is 0. The van der Waals surface area contributed by atoms with Crippen LogP contribution < -0.4 is 4.13 Å². The molecule has 1 N–H and O–H groups in total. The van der Waals surface area contributed by atoms with Crippen LogP contribution in [0, 0.1) is 0 Å². The van der Waals surface area contributed by atoms with Crippen LogP contribution >= 0.6 is 0 Å². The Morgan fingerprint density at radius 2 is 2.18 bits per heavy atom. The largest absolute Gasteiger partial charge is 0.242 e. The molecule has 0 radical (unpaired) electrons. The van der Waals surface area contributed by atoms with Gasteiger partial charge in [0.05, 0.1) is 4.75 Å². The Labute approximate surface area is 72.1 Å². The predicted molar refractivity (Wildman–Crippen MR) is 47.6 cm³/mol. The van der Waals surface area contributed by atoms with Crippen molar-refractivity contribution >= 4 is 22.0 Å². The third-order valence-corrected chi connectivity index (χ3v) is 5.49. The summed E-state index contributed by atoms with van der Waals surface area (Å²) in [4.78, 5) is 0. The standard InChI is InChI=1S/C6H13NO2S2/c1-3-6(2)4-5-10(8)7-11(6)9/h7H,3-5H2,1-2H3. The fourth-order valence-corrected chi connectivity index (χ4v) is 4.06. The van der Waals surface area contributed by atoms with E-state index in [1.54, 1.807) is 0 Å². The lowest BCUT2D eigenvalue weighted by Crippen LogP contribution is -2.45. The summed E-state index contributed by atoms with van der Waals surface area (Å²) in [6, 6.07) is 0. The van der Waals surface area contributed by atoms with Crippen molar-refractivity contribution in [2.24, 2.45) is 0 Å². The van der Waals surface area contributed by atoms with Gasteiger partial charge in [0.1, 0.15) is 22.0 Å².